The zero-order valence-electron chi connectivity index (χ0n) is 12.7. The number of carbonyl (C=O) groups excluding carboxylic acids is 1. The summed E-state index contributed by atoms with van der Waals surface area (Å²) in [7, 11) is 0. The molecule has 0 aromatic heterocycles. The van der Waals surface area contributed by atoms with Gasteiger partial charge in [0.05, 0.1) is 4.91 Å². The van der Waals surface area contributed by atoms with Crippen LogP contribution in [-0.2, 0) is 9.59 Å². The molecule has 0 saturated carbocycles. The van der Waals surface area contributed by atoms with E-state index in [1.165, 1.54) is 12.1 Å². The Bertz CT molecular complexity index is 690. The van der Waals surface area contributed by atoms with Crippen LogP contribution in [0.1, 0.15) is 25.8 Å². The van der Waals surface area contributed by atoms with Gasteiger partial charge in [-0.25, -0.2) is 9.18 Å². The van der Waals surface area contributed by atoms with Gasteiger partial charge in [0, 0.05) is 5.56 Å². The van der Waals surface area contributed by atoms with Gasteiger partial charge in [0.2, 0.25) is 0 Å². The van der Waals surface area contributed by atoms with Crippen LogP contribution in [-0.4, -0.2) is 32.2 Å². The summed E-state index contributed by atoms with van der Waals surface area (Å²) in [6.45, 7) is 3.62. The van der Waals surface area contributed by atoms with E-state index in [1.54, 1.807) is 25.1 Å². The van der Waals surface area contributed by atoms with Crippen molar-refractivity contribution in [2.75, 3.05) is 0 Å². The van der Waals surface area contributed by atoms with Crippen molar-refractivity contribution < 1.29 is 19.1 Å². The zero-order valence-corrected chi connectivity index (χ0v) is 14.3. The first-order valence-electron chi connectivity index (χ1n) is 7.11. The summed E-state index contributed by atoms with van der Waals surface area (Å²) in [4.78, 5) is 25.5. The third-order valence-corrected chi connectivity index (χ3v) is 5.06. The van der Waals surface area contributed by atoms with E-state index < -0.39 is 23.7 Å². The quantitative estimate of drug-likeness (QED) is 0.648. The van der Waals surface area contributed by atoms with Gasteiger partial charge in [-0.1, -0.05) is 62.4 Å². The highest BCUT2D eigenvalue weighted by molar-refractivity contribution is 8.26. The molecule has 1 aliphatic rings. The minimum Gasteiger partial charge on any atom is -0.480 e. The maximum atomic E-state index is 13.7. The fraction of sp³-hybridized carbons (Fsp3) is 0.312. The maximum absolute atomic E-state index is 13.7. The van der Waals surface area contributed by atoms with Crippen LogP contribution in [0.3, 0.4) is 0 Å². The fourth-order valence-corrected chi connectivity index (χ4v) is 3.60. The van der Waals surface area contributed by atoms with Crippen LogP contribution < -0.4 is 0 Å². The normalized spacial score (nSPS) is 19.3. The van der Waals surface area contributed by atoms with Gasteiger partial charge in [0.25, 0.3) is 5.91 Å². The monoisotopic (exact) mass is 353 g/mol. The van der Waals surface area contributed by atoms with E-state index in [1.807, 2.05) is 6.92 Å². The Morgan fingerprint density at radius 1 is 1.48 bits per heavy atom. The molecule has 0 bridgehead atoms. The molecule has 0 aliphatic carbocycles. The predicted molar refractivity (Wildman–Crippen MR) is 92.3 cm³/mol. The van der Waals surface area contributed by atoms with E-state index in [9.17, 15) is 19.1 Å². The second-order valence-corrected chi connectivity index (χ2v) is 6.92. The minimum absolute atomic E-state index is 0.185. The van der Waals surface area contributed by atoms with Crippen molar-refractivity contribution in [2.45, 2.75) is 26.3 Å². The average molecular weight is 353 g/mol. The molecule has 1 fully saturated rings. The van der Waals surface area contributed by atoms with E-state index in [0.717, 1.165) is 16.7 Å². The van der Waals surface area contributed by atoms with Crippen molar-refractivity contribution in [3.63, 3.8) is 0 Å². The number of thiocarbonyl (C=S) groups is 1. The number of carbonyl (C=O) groups is 2. The Kier molecular flexibility index (Phi) is 5.54. The molecule has 7 heteroatoms. The van der Waals surface area contributed by atoms with Gasteiger partial charge < -0.3 is 5.11 Å². The standard InChI is InChI=1S/C16H16FNO3S2/c1-3-9(2)13(15(20)21)18-14(19)12(23-16(18)22)8-10-6-4-5-7-11(10)17/h4-9,13H,3H2,1-2H3,(H,20,21)/b12-8-/t9-,13+/m0/s1. The van der Waals surface area contributed by atoms with E-state index in [4.69, 9.17) is 12.2 Å². The van der Waals surface area contributed by atoms with Gasteiger partial charge >= 0.3 is 5.97 Å². The summed E-state index contributed by atoms with van der Waals surface area (Å²) in [6, 6.07) is 5.05. The summed E-state index contributed by atoms with van der Waals surface area (Å²) in [5, 5.41) is 9.45. The molecular formula is C16H16FNO3S2. The van der Waals surface area contributed by atoms with E-state index in [0.29, 0.717) is 6.42 Å². The predicted octanol–water partition coefficient (Wildman–Crippen LogP) is 3.53. The third-order valence-electron chi connectivity index (χ3n) is 3.73. The van der Waals surface area contributed by atoms with Crippen LogP contribution in [0, 0.1) is 11.7 Å². The summed E-state index contributed by atoms with van der Waals surface area (Å²) < 4.78 is 13.9. The molecule has 122 valence electrons. The molecular weight excluding hydrogens is 337 g/mol. The maximum Gasteiger partial charge on any atom is 0.327 e. The summed E-state index contributed by atoms with van der Waals surface area (Å²) >= 11 is 6.17. The molecule has 1 N–H and O–H groups in total. The molecule has 1 saturated heterocycles. The number of nitrogens with zero attached hydrogens (tertiary/aromatic N) is 1. The molecule has 0 radical (unpaired) electrons. The molecule has 2 rings (SSSR count). The summed E-state index contributed by atoms with van der Waals surface area (Å²) in [5.74, 6) is -2.28. The molecule has 1 amide bonds. The topological polar surface area (TPSA) is 57.6 Å². The molecule has 1 aliphatic heterocycles. The number of halogens is 1. The number of amides is 1. The van der Waals surface area contributed by atoms with Crippen molar-refractivity contribution in [2.24, 2.45) is 5.92 Å². The third kappa shape index (κ3) is 3.61. The van der Waals surface area contributed by atoms with Gasteiger partial charge in [-0.05, 0) is 18.1 Å². The van der Waals surface area contributed by atoms with Crippen molar-refractivity contribution in [3.05, 3.63) is 40.6 Å². The number of rotatable bonds is 5. The molecule has 4 nitrogen and oxygen atoms in total. The molecule has 1 heterocycles. The lowest BCUT2D eigenvalue weighted by atomic mass is 9.98. The van der Waals surface area contributed by atoms with Crippen LogP contribution in [0.4, 0.5) is 4.39 Å². The summed E-state index contributed by atoms with van der Waals surface area (Å²) in [5.41, 5.74) is 0.267. The number of carboxylic acids is 1. The molecule has 2 atom stereocenters. The Labute approximate surface area is 143 Å². The van der Waals surface area contributed by atoms with Crippen molar-refractivity contribution in [1.82, 2.24) is 4.90 Å². The van der Waals surface area contributed by atoms with Gasteiger partial charge in [-0.15, -0.1) is 0 Å². The van der Waals surface area contributed by atoms with E-state index in [2.05, 4.69) is 0 Å². The van der Waals surface area contributed by atoms with Gasteiger partial charge in [0.1, 0.15) is 16.2 Å². The molecule has 1 aromatic rings. The van der Waals surface area contributed by atoms with Crippen LogP contribution in [0.2, 0.25) is 0 Å². The lowest BCUT2D eigenvalue weighted by molar-refractivity contribution is -0.147. The van der Waals surface area contributed by atoms with Crippen molar-refractivity contribution >= 4 is 46.3 Å². The smallest absolute Gasteiger partial charge is 0.327 e. The number of benzene rings is 1. The number of hydrogen-bond donors (Lipinski definition) is 1. The van der Waals surface area contributed by atoms with Crippen LogP contribution in [0.15, 0.2) is 29.2 Å². The molecule has 0 spiro atoms. The number of aliphatic carboxylic acids is 1. The van der Waals surface area contributed by atoms with Crippen LogP contribution in [0.25, 0.3) is 6.08 Å². The van der Waals surface area contributed by atoms with Crippen LogP contribution >= 0.6 is 24.0 Å². The average Bonchev–Trinajstić information content (AvgIpc) is 2.77. The van der Waals surface area contributed by atoms with Gasteiger partial charge in [-0.3, -0.25) is 9.69 Å². The fourth-order valence-electron chi connectivity index (χ4n) is 2.28. The van der Waals surface area contributed by atoms with E-state index >= 15 is 0 Å². The first-order valence-corrected chi connectivity index (χ1v) is 8.33. The Hall–Kier alpha value is -1.73. The highest BCUT2D eigenvalue weighted by atomic mass is 32.2. The second-order valence-electron chi connectivity index (χ2n) is 5.24. The zero-order chi connectivity index (χ0) is 17.1. The summed E-state index contributed by atoms with van der Waals surface area (Å²) in [6.07, 6.45) is 2.00. The van der Waals surface area contributed by atoms with Gasteiger partial charge in [-0.2, -0.15) is 0 Å². The molecule has 0 unspecified atom stereocenters. The van der Waals surface area contributed by atoms with Gasteiger partial charge in [0.15, 0.2) is 0 Å². The lowest BCUT2D eigenvalue weighted by Gasteiger charge is -2.27. The Morgan fingerprint density at radius 2 is 2.13 bits per heavy atom. The number of hydrogen-bond acceptors (Lipinski definition) is 4. The minimum atomic E-state index is -1.09. The lowest BCUT2D eigenvalue weighted by Crippen LogP contribution is -2.47. The first-order chi connectivity index (χ1) is 10.9. The number of carboxylic acid groups (broad SMARTS) is 1. The van der Waals surface area contributed by atoms with Crippen molar-refractivity contribution in [3.8, 4) is 0 Å². The molecule has 23 heavy (non-hydrogen) atoms. The van der Waals surface area contributed by atoms with E-state index in [-0.39, 0.29) is 20.7 Å². The Balaban J connectivity index is 2.36. The Morgan fingerprint density at radius 3 is 2.70 bits per heavy atom. The SMILES string of the molecule is CC[C@H](C)[C@H](C(=O)O)N1C(=O)/C(=C/c2ccccc2F)SC1=S. The first kappa shape index (κ1) is 17.6. The molecule has 1 aromatic carbocycles. The highest BCUT2D eigenvalue weighted by Crippen LogP contribution is 2.36. The largest absolute Gasteiger partial charge is 0.480 e. The second kappa shape index (κ2) is 7.23. The number of thioether (sulfide) groups is 1. The van der Waals surface area contributed by atoms with Crippen LogP contribution in [0.5, 0.6) is 0 Å². The van der Waals surface area contributed by atoms with Crippen molar-refractivity contribution in [1.29, 1.82) is 0 Å². The highest BCUT2D eigenvalue weighted by Gasteiger charge is 2.42.